The van der Waals surface area contributed by atoms with Crippen LogP contribution >= 0.6 is 0 Å². The van der Waals surface area contributed by atoms with E-state index in [0.29, 0.717) is 5.92 Å². The van der Waals surface area contributed by atoms with Gasteiger partial charge < -0.3 is 14.8 Å². The van der Waals surface area contributed by atoms with Gasteiger partial charge in [0.15, 0.2) is 0 Å². The minimum atomic E-state index is -0.524. The molecule has 1 atom stereocenters. The summed E-state index contributed by atoms with van der Waals surface area (Å²) in [4.78, 5) is 22.8. The number of methoxy groups -OCH3 is 1. The molecule has 1 aliphatic rings. The van der Waals surface area contributed by atoms with E-state index in [1.807, 2.05) is 0 Å². The van der Waals surface area contributed by atoms with Gasteiger partial charge in [0.1, 0.15) is 5.60 Å². The Labute approximate surface area is 102 Å². The van der Waals surface area contributed by atoms with E-state index >= 15 is 0 Å². The molecule has 17 heavy (non-hydrogen) atoms. The minimum Gasteiger partial charge on any atom is -0.469 e. The standard InChI is InChI=1S/C12H21NO4/c1-12(2,3)17-11(15)13-9(8-5-6-8)7-10(14)16-4/h8-9H,5-7H2,1-4H3,(H,13,15)/t9-/m1/s1. The second-order valence-electron chi connectivity index (χ2n) is 5.37. The SMILES string of the molecule is COC(=O)C[C@@H](NC(=O)OC(C)(C)C)C1CC1. The summed E-state index contributed by atoms with van der Waals surface area (Å²) in [5, 5.41) is 2.74. The molecule has 1 aliphatic carbocycles. The number of esters is 1. The maximum atomic E-state index is 11.6. The Morgan fingerprint density at radius 1 is 1.35 bits per heavy atom. The molecule has 0 spiro atoms. The summed E-state index contributed by atoms with van der Waals surface area (Å²) in [5.41, 5.74) is -0.524. The normalized spacial score (nSPS) is 17.2. The summed E-state index contributed by atoms with van der Waals surface area (Å²) < 4.78 is 9.77. The topological polar surface area (TPSA) is 64.6 Å². The van der Waals surface area contributed by atoms with Crippen molar-refractivity contribution in [3.8, 4) is 0 Å². The van der Waals surface area contributed by atoms with Gasteiger partial charge in [-0.15, -0.1) is 0 Å². The molecular formula is C12H21NO4. The van der Waals surface area contributed by atoms with Crippen molar-refractivity contribution >= 4 is 12.1 Å². The number of ether oxygens (including phenoxy) is 2. The van der Waals surface area contributed by atoms with Gasteiger partial charge >= 0.3 is 12.1 Å². The third-order valence-electron chi connectivity index (χ3n) is 2.51. The van der Waals surface area contributed by atoms with Crippen molar-refractivity contribution in [3.05, 3.63) is 0 Å². The molecule has 0 bridgehead atoms. The first-order valence-corrected chi connectivity index (χ1v) is 5.88. The summed E-state index contributed by atoms with van der Waals surface area (Å²) in [5.74, 6) is 0.0691. The summed E-state index contributed by atoms with van der Waals surface area (Å²) >= 11 is 0. The molecule has 0 unspecified atom stereocenters. The Bertz CT molecular complexity index is 291. The molecule has 1 saturated carbocycles. The molecule has 0 heterocycles. The summed E-state index contributed by atoms with van der Waals surface area (Å²) in [6.07, 6.45) is 1.81. The van der Waals surface area contributed by atoms with Crippen LogP contribution < -0.4 is 5.32 Å². The van der Waals surface area contributed by atoms with Gasteiger partial charge in [0.25, 0.3) is 0 Å². The van der Waals surface area contributed by atoms with Crippen molar-refractivity contribution in [3.63, 3.8) is 0 Å². The van der Waals surface area contributed by atoms with Crippen LogP contribution in [0.5, 0.6) is 0 Å². The number of rotatable bonds is 4. The zero-order valence-electron chi connectivity index (χ0n) is 10.9. The Hall–Kier alpha value is -1.26. The predicted octanol–water partition coefficient (Wildman–Crippen LogP) is 1.85. The van der Waals surface area contributed by atoms with Gasteiger partial charge in [0.2, 0.25) is 0 Å². The lowest BCUT2D eigenvalue weighted by atomic mass is 10.1. The third kappa shape index (κ3) is 5.56. The Balaban J connectivity index is 2.44. The van der Waals surface area contributed by atoms with Crippen molar-refractivity contribution in [1.82, 2.24) is 5.32 Å². The number of hydrogen-bond acceptors (Lipinski definition) is 4. The molecule has 0 aliphatic heterocycles. The van der Waals surface area contributed by atoms with E-state index in [1.54, 1.807) is 20.8 Å². The number of amides is 1. The fourth-order valence-electron chi connectivity index (χ4n) is 1.56. The van der Waals surface area contributed by atoms with Gasteiger partial charge in [-0.25, -0.2) is 4.79 Å². The maximum absolute atomic E-state index is 11.6. The average molecular weight is 243 g/mol. The average Bonchev–Trinajstić information content (AvgIpc) is 2.96. The molecule has 0 radical (unpaired) electrons. The molecule has 1 N–H and O–H groups in total. The molecule has 1 fully saturated rings. The van der Waals surface area contributed by atoms with Crippen molar-refractivity contribution in [2.45, 2.75) is 51.7 Å². The zero-order chi connectivity index (χ0) is 13.1. The van der Waals surface area contributed by atoms with Gasteiger partial charge in [0, 0.05) is 6.04 Å². The number of carbonyl (C=O) groups is 2. The highest BCUT2D eigenvalue weighted by Crippen LogP contribution is 2.34. The first-order valence-electron chi connectivity index (χ1n) is 5.88. The van der Waals surface area contributed by atoms with Gasteiger partial charge in [-0.2, -0.15) is 0 Å². The quantitative estimate of drug-likeness (QED) is 0.765. The third-order valence-corrected chi connectivity index (χ3v) is 2.51. The highest BCUT2D eigenvalue weighted by atomic mass is 16.6. The van der Waals surface area contributed by atoms with E-state index in [9.17, 15) is 9.59 Å². The predicted molar refractivity (Wildman–Crippen MR) is 62.5 cm³/mol. The van der Waals surface area contributed by atoms with E-state index in [0.717, 1.165) is 12.8 Å². The summed E-state index contributed by atoms with van der Waals surface area (Å²) in [6.45, 7) is 5.41. The fraction of sp³-hybridized carbons (Fsp3) is 0.833. The second kappa shape index (κ2) is 5.38. The molecule has 0 saturated heterocycles. The highest BCUT2D eigenvalue weighted by molar-refractivity contribution is 5.73. The molecule has 5 nitrogen and oxygen atoms in total. The summed E-state index contributed by atoms with van der Waals surface area (Å²) in [6, 6.07) is -0.169. The van der Waals surface area contributed by atoms with Crippen LogP contribution in [0.4, 0.5) is 4.79 Å². The zero-order valence-corrected chi connectivity index (χ0v) is 10.9. The van der Waals surface area contributed by atoms with Crippen molar-refractivity contribution < 1.29 is 19.1 Å². The molecule has 1 amide bonds. The molecule has 0 aromatic heterocycles. The smallest absolute Gasteiger partial charge is 0.407 e. The fourth-order valence-corrected chi connectivity index (χ4v) is 1.56. The van der Waals surface area contributed by atoms with Crippen LogP contribution in [0.3, 0.4) is 0 Å². The van der Waals surface area contributed by atoms with Gasteiger partial charge in [-0.1, -0.05) is 0 Å². The number of hydrogen-bond donors (Lipinski definition) is 1. The van der Waals surface area contributed by atoms with E-state index in [1.165, 1.54) is 7.11 Å². The highest BCUT2D eigenvalue weighted by Gasteiger charge is 2.34. The Kier molecular flexibility index (Phi) is 4.37. The minimum absolute atomic E-state index is 0.169. The van der Waals surface area contributed by atoms with Crippen LogP contribution in [0.1, 0.15) is 40.0 Å². The van der Waals surface area contributed by atoms with Crippen LogP contribution in [-0.2, 0) is 14.3 Å². The lowest BCUT2D eigenvalue weighted by molar-refractivity contribution is -0.141. The van der Waals surface area contributed by atoms with Crippen LogP contribution in [0.25, 0.3) is 0 Å². The Morgan fingerprint density at radius 2 is 1.94 bits per heavy atom. The van der Waals surface area contributed by atoms with E-state index < -0.39 is 11.7 Å². The van der Waals surface area contributed by atoms with E-state index in [4.69, 9.17) is 4.74 Å². The first-order chi connectivity index (χ1) is 7.81. The molecular weight excluding hydrogens is 222 g/mol. The molecule has 1 rings (SSSR count). The number of alkyl carbamates (subject to hydrolysis) is 1. The van der Waals surface area contributed by atoms with Crippen LogP contribution in [0.2, 0.25) is 0 Å². The van der Waals surface area contributed by atoms with Gasteiger partial charge in [0.05, 0.1) is 13.5 Å². The summed E-state index contributed by atoms with van der Waals surface area (Å²) in [7, 11) is 1.35. The van der Waals surface area contributed by atoms with Crippen molar-refractivity contribution in [1.29, 1.82) is 0 Å². The van der Waals surface area contributed by atoms with E-state index in [-0.39, 0.29) is 18.4 Å². The molecule has 5 heteroatoms. The first kappa shape index (κ1) is 13.8. The monoisotopic (exact) mass is 243 g/mol. The molecule has 0 aromatic rings. The second-order valence-corrected chi connectivity index (χ2v) is 5.37. The van der Waals surface area contributed by atoms with Gasteiger partial charge in [-0.3, -0.25) is 4.79 Å². The lowest BCUT2D eigenvalue weighted by Crippen LogP contribution is -2.41. The molecule has 98 valence electrons. The van der Waals surface area contributed by atoms with Crippen molar-refractivity contribution in [2.24, 2.45) is 5.92 Å². The van der Waals surface area contributed by atoms with E-state index in [2.05, 4.69) is 10.1 Å². The largest absolute Gasteiger partial charge is 0.469 e. The lowest BCUT2D eigenvalue weighted by Gasteiger charge is -2.23. The van der Waals surface area contributed by atoms with Crippen LogP contribution in [-0.4, -0.2) is 30.8 Å². The molecule has 0 aromatic carbocycles. The van der Waals surface area contributed by atoms with Crippen LogP contribution in [0.15, 0.2) is 0 Å². The van der Waals surface area contributed by atoms with Crippen LogP contribution in [0, 0.1) is 5.92 Å². The van der Waals surface area contributed by atoms with Gasteiger partial charge in [-0.05, 0) is 39.5 Å². The van der Waals surface area contributed by atoms with Crippen molar-refractivity contribution in [2.75, 3.05) is 7.11 Å². The number of carbonyl (C=O) groups excluding carboxylic acids is 2. The number of nitrogens with one attached hydrogen (secondary N) is 1. The maximum Gasteiger partial charge on any atom is 0.407 e. The Morgan fingerprint density at radius 3 is 2.35 bits per heavy atom.